The SMILES string of the molecule is C=CC(C)(C)N=Nc1ccc(C#N)cc1. The fourth-order valence-corrected chi connectivity index (χ4v) is 0.830. The lowest BCUT2D eigenvalue weighted by molar-refractivity contribution is 0.621. The van der Waals surface area contributed by atoms with Crippen molar-refractivity contribution in [3.05, 3.63) is 42.5 Å². The van der Waals surface area contributed by atoms with Gasteiger partial charge in [-0.25, -0.2) is 0 Å². The molecular weight excluding hydrogens is 186 g/mol. The molecule has 0 aliphatic carbocycles. The summed E-state index contributed by atoms with van der Waals surface area (Å²) in [7, 11) is 0. The molecule has 3 nitrogen and oxygen atoms in total. The fourth-order valence-electron chi connectivity index (χ4n) is 0.830. The minimum Gasteiger partial charge on any atom is -0.192 e. The Morgan fingerprint density at radius 3 is 2.40 bits per heavy atom. The first-order valence-electron chi connectivity index (χ1n) is 4.64. The first-order chi connectivity index (χ1) is 7.07. The maximum Gasteiger partial charge on any atom is 0.0991 e. The number of nitriles is 1. The highest BCUT2D eigenvalue weighted by molar-refractivity contribution is 5.42. The monoisotopic (exact) mass is 199 g/mol. The molecule has 0 amide bonds. The second-order valence-corrected chi connectivity index (χ2v) is 3.72. The highest BCUT2D eigenvalue weighted by Gasteiger charge is 2.09. The Hall–Kier alpha value is -1.95. The maximum absolute atomic E-state index is 8.61. The molecule has 0 spiro atoms. The Morgan fingerprint density at radius 2 is 1.93 bits per heavy atom. The van der Waals surface area contributed by atoms with E-state index in [-0.39, 0.29) is 5.54 Å². The van der Waals surface area contributed by atoms with Crippen LogP contribution in [0.2, 0.25) is 0 Å². The van der Waals surface area contributed by atoms with Gasteiger partial charge in [0.05, 0.1) is 22.9 Å². The van der Waals surface area contributed by atoms with Crippen LogP contribution in [0.1, 0.15) is 19.4 Å². The topological polar surface area (TPSA) is 48.5 Å². The Balaban J connectivity index is 2.82. The predicted octanol–water partition coefficient (Wildman–Crippen LogP) is 3.61. The lowest BCUT2D eigenvalue weighted by Crippen LogP contribution is -2.09. The summed E-state index contributed by atoms with van der Waals surface area (Å²) >= 11 is 0. The summed E-state index contributed by atoms with van der Waals surface area (Å²) in [6, 6.07) is 9.01. The first-order valence-corrected chi connectivity index (χ1v) is 4.64. The minimum atomic E-state index is -0.353. The first kappa shape index (κ1) is 11.1. The molecule has 0 N–H and O–H groups in total. The van der Waals surface area contributed by atoms with Gasteiger partial charge in [-0.05, 0) is 38.1 Å². The van der Waals surface area contributed by atoms with Crippen molar-refractivity contribution in [1.82, 2.24) is 0 Å². The van der Waals surface area contributed by atoms with Gasteiger partial charge in [-0.3, -0.25) is 0 Å². The second kappa shape index (κ2) is 4.52. The van der Waals surface area contributed by atoms with Crippen LogP contribution in [0.15, 0.2) is 47.1 Å². The van der Waals surface area contributed by atoms with Gasteiger partial charge < -0.3 is 0 Å². The summed E-state index contributed by atoms with van der Waals surface area (Å²) in [5, 5.41) is 16.8. The van der Waals surface area contributed by atoms with E-state index in [1.54, 1.807) is 30.3 Å². The van der Waals surface area contributed by atoms with Gasteiger partial charge in [0.25, 0.3) is 0 Å². The van der Waals surface area contributed by atoms with Gasteiger partial charge in [0.15, 0.2) is 0 Å². The molecule has 0 saturated heterocycles. The van der Waals surface area contributed by atoms with Gasteiger partial charge in [0.1, 0.15) is 0 Å². The number of hydrogen-bond acceptors (Lipinski definition) is 3. The largest absolute Gasteiger partial charge is 0.192 e. The van der Waals surface area contributed by atoms with E-state index in [9.17, 15) is 0 Å². The summed E-state index contributed by atoms with van der Waals surface area (Å²) in [6.07, 6.45) is 1.74. The molecule has 0 saturated carbocycles. The highest BCUT2D eigenvalue weighted by Crippen LogP contribution is 2.17. The van der Waals surface area contributed by atoms with Crippen LogP contribution in [0.3, 0.4) is 0 Å². The number of rotatable bonds is 3. The molecule has 0 fully saturated rings. The molecule has 0 bridgehead atoms. The van der Waals surface area contributed by atoms with Crippen molar-refractivity contribution in [2.24, 2.45) is 10.2 Å². The summed E-state index contributed by atoms with van der Waals surface area (Å²) in [5.74, 6) is 0. The van der Waals surface area contributed by atoms with Crippen LogP contribution in [-0.2, 0) is 0 Å². The van der Waals surface area contributed by atoms with Crippen molar-refractivity contribution in [2.45, 2.75) is 19.4 Å². The lowest BCUT2D eigenvalue weighted by Gasteiger charge is -2.10. The van der Waals surface area contributed by atoms with E-state index in [4.69, 9.17) is 5.26 Å². The molecule has 0 atom stereocenters. The van der Waals surface area contributed by atoms with Crippen LogP contribution < -0.4 is 0 Å². The minimum absolute atomic E-state index is 0.353. The average Bonchev–Trinajstić information content (AvgIpc) is 2.27. The Bertz CT molecular complexity index is 407. The van der Waals surface area contributed by atoms with Crippen LogP contribution in [0, 0.1) is 11.3 Å². The molecule has 76 valence electrons. The molecule has 3 heteroatoms. The zero-order valence-corrected chi connectivity index (χ0v) is 8.94. The molecule has 1 rings (SSSR count). The molecule has 1 aromatic carbocycles. The maximum atomic E-state index is 8.61. The zero-order chi connectivity index (χ0) is 11.3. The van der Waals surface area contributed by atoms with Crippen molar-refractivity contribution in [3.63, 3.8) is 0 Å². The van der Waals surface area contributed by atoms with Crippen LogP contribution in [-0.4, -0.2) is 5.54 Å². The lowest BCUT2D eigenvalue weighted by atomic mass is 10.1. The van der Waals surface area contributed by atoms with Gasteiger partial charge in [0, 0.05) is 0 Å². The number of hydrogen-bond donors (Lipinski definition) is 0. The third-order valence-electron chi connectivity index (χ3n) is 1.92. The van der Waals surface area contributed by atoms with Gasteiger partial charge in [-0.1, -0.05) is 6.08 Å². The summed E-state index contributed by atoms with van der Waals surface area (Å²) in [5.41, 5.74) is 1.01. The predicted molar refractivity (Wildman–Crippen MR) is 59.9 cm³/mol. The molecule has 1 aromatic rings. The van der Waals surface area contributed by atoms with E-state index in [2.05, 4.69) is 16.8 Å². The molecule has 0 heterocycles. The average molecular weight is 199 g/mol. The third-order valence-corrected chi connectivity index (χ3v) is 1.92. The van der Waals surface area contributed by atoms with Crippen molar-refractivity contribution >= 4 is 5.69 Å². The molecular formula is C12H13N3. The summed E-state index contributed by atoms with van der Waals surface area (Å²) < 4.78 is 0. The van der Waals surface area contributed by atoms with E-state index in [1.165, 1.54) is 0 Å². The number of nitrogens with zero attached hydrogens (tertiary/aromatic N) is 3. The van der Waals surface area contributed by atoms with E-state index >= 15 is 0 Å². The van der Waals surface area contributed by atoms with Crippen LogP contribution >= 0.6 is 0 Å². The molecule has 0 aromatic heterocycles. The van der Waals surface area contributed by atoms with Crippen molar-refractivity contribution in [1.29, 1.82) is 5.26 Å². The molecule has 0 unspecified atom stereocenters. The van der Waals surface area contributed by atoms with Gasteiger partial charge in [-0.15, -0.1) is 6.58 Å². The molecule has 0 radical (unpaired) electrons. The van der Waals surface area contributed by atoms with Crippen molar-refractivity contribution < 1.29 is 0 Å². The van der Waals surface area contributed by atoms with Crippen LogP contribution in [0.5, 0.6) is 0 Å². The quantitative estimate of drug-likeness (QED) is 0.542. The Morgan fingerprint density at radius 1 is 1.33 bits per heavy atom. The molecule has 0 aliphatic rings. The smallest absolute Gasteiger partial charge is 0.0991 e. The van der Waals surface area contributed by atoms with Crippen LogP contribution in [0.4, 0.5) is 5.69 Å². The van der Waals surface area contributed by atoms with E-state index in [0.29, 0.717) is 5.56 Å². The fraction of sp³-hybridized carbons (Fsp3) is 0.250. The second-order valence-electron chi connectivity index (χ2n) is 3.72. The van der Waals surface area contributed by atoms with E-state index in [1.807, 2.05) is 19.9 Å². The van der Waals surface area contributed by atoms with E-state index < -0.39 is 0 Å². The van der Waals surface area contributed by atoms with Crippen LogP contribution in [0.25, 0.3) is 0 Å². The van der Waals surface area contributed by atoms with Crippen molar-refractivity contribution in [3.8, 4) is 6.07 Å². The normalized spacial score (nSPS) is 11.3. The Labute approximate surface area is 89.8 Å². The van der Waals surface area contributed by atoms with E-state index in [0.717, 1.165) is 5.69 Å². The zero-order valence-electron chi connectivity index (χ0n) is 8.94. The van der Waals surface area contributed by atoms with Gasteiger partial charge in [-0.2, -0.15) is 15.5 Å². The summed E-state index contributed by atoms with van der Waals surface area (Å²) in [4.78, 5) is 0. The third kappa shape index (κ3) is 3.35. The highest BCUT2D eigenvalue weighted by atomic mass is 15.1. The molecule has 0 aliphatic heterocycles. The van der Waals surface area contributed by atoms with Crippen molar-refractivity contribution in [2.75, 3.05) is 0 Å². The molecule has 15 heavy (non-hydrogen) atoms. The van der Waals surface area contributed by atoms with Gasteiger partial charge >= 0.3 is 0 Å². The number of azo groups is 1. The standard InChI is InChI=1S/C12H13N3/c1-4-12(2,3)15-14-11-7-5-10(9-13)6-8-11/h4-8H,1H2,2-3H3. The van der Waals surface area contributed by atoms with Gasteiger partial charge in [0.2, 0.25) is 0 Å². The number of benzene rings is 1. The summed E-state index contributed by atoms with van der Waals surface area (Å²) in [6.45, 7) is 7.52. The Kier molecular flexibility index (Phi) is 3.35.